The van der Waals surface area contributed by atoms with Gasteiger partial charge in [-0.2, -0.15) is 0 Å². The van der Waals surface area contributed by atoms with Crippen LogP contribution < -0.4 is 119 Å². The van der Waals surface area contributed by atoms with Gasteiger partial charge in [0.05, 0.1) is 5.52 Å². The maximum Gasteiger partial charge on any atom is 1.00 e. The third kappa shape index (κ3) is 10.1. The summed E-state index contributed by atoms with van der Waals surface area (Å²) in [7, 11) is 0. The van der Waals surface area contributed by atoms with Crippen molar-refractivity contribution in [3.63, 3.8) is 0 Å². The first-order valence-electron chi connectivity index (χ1n) is 9.52. The molecule has 0 aliphatic rings. The predicted molar refractivity (Wildman–Crippen MR) is 134 cm³/mol. The van der Waals surface area contributed by atoms with E-state index in [0.29, 0.717) is 5.69 Å². The standard InChI is InChI=1S/C13H15BrN2O2.C8H7BrN2.CH2O3.2K.H/c1-13(2,3)18-12(17)16-7-6-8-10(16)5-4-9(15)11(8)14;9-8-5-3-4-11-7(5)2-1-6(8)10;2-1-4-3;;;/h4-7H,15H2,1-3H3;1-4,11H,10H2;1,3H;;;/q;;;2*+1;-1/p-1. The normalized spacial score (nSPS) is 10.0. The molecule has 0 atom stereocenters. The van der Waals surface area contributed by atoms with Crippen LogP contribution in [0.4, 0.5) is 16.2 Å². The van der Waals surface area contributed by atoms with Crippen LogP contribution in [0.25, 0.3) is 21.8 Å². The van der Waals surface area contributed by atoms with Crippen molar-refractivity contribution < 1.29 is 129 Å². The molecule has 0 amide bonds. The second-order valence-electron chi connectivity index (χ2n) is 7.67. The van der Waals surface area contributed by atoms with Gasteiger partial charge in [0.1, 0.15) is 5.60 Å². The molecule has 0 radical (unpaired) electrons. The van der Waals surface area contributed by atoms with Crippen molar-refractivity contribution in [1.29, 1.82) is 0 Å². The third-order valence-electron chi connectivity index (χ3n) is 4.16. The SMILES string of the molecule is CC(C)(C)OC(=O)n1ccc2c(Br)c(N)ccc21.Nc1ccc2[nH]ccc2c1Br.O=CO[O-].[H-].[K+].[K+]. The minimum Gasteiger partial charge on any atom is -1.00 e. The molecule has 0 aliphatic heterocycles. The summed E-state index contributed by atoms with van der Waals surface area (Å²) >= 11 is 6.83. The summed E-state index contributed by atoms with van der Waals surface area (Å²) < 4.78 is 8.58. The summed E-state index contributed by atoms with van der Waals surface area (Å²) in [6.45, 7) is 5.33. The van der Waals surface area contributed by atoms with E-state index in [1.807, 2.05) is 51.2 Å². The monoisotopic (exact) mass is 660 g/mol. The van der Waals surface area contributed by atoms with E-state index >= 15 is 0 Å². The molecule has 0 saturated heterocycles. The van der Waals surface area contributed by atoms with Gasteiger partial charge in [0.2, 0.25) is 0 Å². The molecular formula is C22H24Br2K2N4O5. The van der Waals surface area contributed by atoms with E-state index in [2.05, 4.69) is 41.7 Å². The number of aromatic amines is 1. The number of carbonyl (C=O) groups excluding carboxylic acids is 2. The Labute approximate surface area is 306 Å². The van der Waals surface area contributed by atoms with Gasteiger partial charge in [0.15, 0.2) is 0 Å². The Morgan fingerprint density at radius 2 is 1.57 bits per heavy atom. The van der Waals surface area contributed by atoms with Crippen molar-refractivity contribution in [3.8, 4) is 0 Å². The summed E-state index contributed by atoms with van der Waals surface area (Å²) in [5.41, 5.74) is 14.3. The van der Waals surface area contributed by atoms with Crippen LogP contribution in [0, 0.1) is 0 Å². The summed E-state index contributed by atoms with van der Waals surface area (Å²) in [5.74, 6) is 0. The molecule has 0 bridgehead atoms. The van der Waals surface area contributed by atoms with Crippen LogP contribution in [0.5, 0.6) is 0 Å². The minimum atomic E-state index is -0.515. The zero-order valence-electron chi connectivity index (χ0n) is 21.1. The largest absolute Gasteiger partial charge is 1.00 e. The molecule has 13 heteroatoms. The number of nitrogens with two attached hydrogens (primary N) is 2. The molecule has 5 N–H and O–H groups in total. The molecule has 9 nitrogen and oxygen atoms in total. The Morgan fingerprint density at radius 1 is 1.03 bits per heavy atom. The maximum atomic E-state index is 12.0. The summed E-state index contributed by atoms with van der Waals surface area (Å²) in [4.78, 5) is 26.4. The molecule has 0 spiro atoms. The maximum absolute atomic E-state index is 12.0. The van der Waals surface area contributed by atoms with Crippen LogP contribution >= 0.6 is 31.9 Å². The number of fused-ring (bicyclic) bond motifs is 2. The Balaban J connectivity index is 0. The van der Waals surface area contributed by atoms with Crippen molar-refractivity contribution in [1.82, 2.24) is 9.55 Å². The topological polar surface area (TPSA) is 148 Å². The van der Waals surface area contributed by atoms with Gasteiger partial charge in [-0.1, -0.05) is 0 Å². The van der Waals surface area contributed by atoms with Crippen LogP contribution in [-0.4, -0.2) is 27.7 Å². The molecule has 2 heterocycles. The number of nitrogens with zero attached hydrogens (tertiary/aromatic N) is 1. The number of nitrogens with one attached hydrogen (secondary N) is 1. The number of anilines is 2. The number of hydrogen-bond donors (Lipinski definition) is 3. The molecule has 0 fully saturated rings. The van der Waals surface area contributed by atoms with Crippen LogP contribution in [-0.2, 0) is 14.4 Å². The zero-order valence-corrected chi connectivity index (χ0v) is 29.5. The molecule has 2 aromatic carbocycles. The molecule has 4 aromatic rings. The van der Waals surface area contributed by atoms with Gasteiger partial charge < -0.3 is 32.8 Å². The summed E-state index contributed by atoms with van der Waals surface area (Å²) in [5, 5.41) is 10.4. The van der Waals surface area contributed by atoms with Gasteiger partial charge in [0, 0.05) is 49.0 Å². The van der Waals surface area contributed by atoms with E-state index < -0.39 is 11.7 Å². The molecule has 0 unspecified atom stereocenters. The molecular weight excluding hydrogens is 638 g/mol. The Morgan fingerprint density at radius 3 is 2.11 bits per heavy atom. The van der Waals surface area contributed by atoms with E-state index in [4.69, 9.17) is 26.3 Å². The molecule has 178 valence electrons. The molecule has 35 heavy (non-hydrogen) atoms. The van der Waals surface area contributed by atoms with Crippen molar-refractivity contribution in [3.05, 3.63) is 57.7 Å². The third-order valence-corrected chi connectivity index (χ3v) is 5.93. The summed E-state index contributed by atoms with van der Waals surface area (Å²) in [6.07, 6.45) is 3.19. The molecule has 2 aromatic heterocycles. The first-order chi connectivity index (χ1) is 15.5. The van der Waals surface area contributed by atoms with E-state index in [1.54, 1.807) is 18.3 Å². The Kier molecular flexibility index (Phi) is 16.4. The van der Waals surface area contributed by atoms with Crippen LogP contribution in [0.2, 0.25) is 0 Å². The van der Waals surface area contributed by atoms with E-state index in [1.165, 1.54) is 4.57 Å². The van der Waals surface area contributed by atoms with Crippen LogP contribution in [0.3, 0.4) is 0 Å². The van der Waals surface area contributed by atoms with Gasteiger partial charge in [-0.05, 0) is 89.0 Å². The van der Waals surface area contributed by atoms with Gasteiger partial charge >= 0.3 is 109 Å². The van der Waals surface area contributed by atoms with Crippen molar-refractivity contribution in [2.75, 3.05) is 11.5 Å². The quantitative estimate of drug-likeness (QED) is 0.0766. The second kappa shape index (κ2) is 16.3. The van der Waals surface area contributed by atoms with Gasteiger partial charge in [-0.25, -0.2) is 4.79 Å². The van der Waals surface area contributed by atoms with Crippen molar-refractivity contribution >= 4 is 77.6 Å². The fourth-order valence-corrected chi connectivity index (χ4v) is 3.73. The Bertz CT molecular complexity index is 1280. The van der Waals surface area contributed by atoms with Crippen LogP contribution in [0.1, 0.15) is 22.2 Å². The minimum absolute atomic E-state index is 0. The number of aromatic nitrogens is 2. The number of rotatable bonds is 1. The smallest absolute Gasteiger partial charge is 1.00 e. The average Bonchev–Trinajstić information content (AvgIpc) is 3.40. The fraction of sp³-hybridized carbons (Fsp3) is 0.182. The van der Waals surface area contributed by atoms with E-state index in [-0.39, 0.29) is 111 Å². The van der Waals surface area contributed by atoms with Gasteiger partial charge in [-0.3, -0.25) is 9.36 Å². The molecule has 0 aliphatic carbocycles. The van der Waals surface area contributed by atoms with Gasteiger partial charge in [-0.15, -0.1) is 0 Å². The average molecular weight is 662 g/mol. The fourth-order valence-electron chi connectivity index (χ4n) is 2.78. The number of carbonyl (C=O) groups is 2. The van der Waals surface area contributed by atoms with Crippen molar-refractivity contribution in [2.24, 2.45) is 0 Å². The van der Waals surface area contributed by atoms with E-state index in [9.17, 15) is 4.79 Å². The number of nitrogen functional groups attached to an aromatic ring is 2. The van der Waals surface area contributed by atoms with Crippen molar-refractivity contribution in [2.45, 2.75) is 26.4 Å². The number of benzene rings is 2. The predicted octanol–water partition coefficient (Wildman–Crippen LogP) is -1.16. The second-order valence-corrected chi connectivity index (χ2v) is 9.25. The van der Waals surface area contributed by atoms with E-state index in [0.717, 1.165) is 36.4 Å². The van der Waals surface area contributed by atoms with Crippen LogP contribution in [0.15, 0.2) is 57.7 Å². The number of hydrogen-bond acceptors (Lipinski definition) is 7. The first-order valence-corrected chi connectivity index (χ1v) is 11.1. The number of halogens is 2. The first kappa shape index (κ1) is 35.3. The Hall–Kier alpha value is 0.253. The molecule has 4 rings (SSSR count). The van der Waals surface area contributed by atoms with Gasteiger partial charge in [0.25, 0.3) is 6.47 Å². The number of H-pyrrole nitrogens is 1. The number of ether oxygens (including phenoxy) is 1. The molecule has 0 saturated carbocycles. The zero-order chi connectivity index (χ0) is 24.8. The summed E-state index contributed by atoms with van der Waals surface area (Å²) in [6, 6.07) is 11.2.